The Hall–Kier alpha value is -3.42. The van der Waals surface area contributed by atoms with Crippen molar-refractivity contribution in [1.82, 2.24) is 15.0 Å². The number of benzene rings is 2. The van der Waals surface area contributed by atoms with Gasteiger partial charge in [0.05, 0.1) is 0 Å². The normalized spacial score (nSPS) is 16.1. The summed E-state index contributed by atoms with van der Waals surface area (Å²) in [4.78, 5) is 18.6. The predicted octanol–water partition coefficient (Wildman–Crippen LogP) is 4.12. The van der Waals surface area contributed by atoms with E-state index in [2.05, 4.69) is 15.5 Å². The lowest BCUT2D eigenvalue weighted by Gasteiger charge is -2.17. The molecule has 2 amide bonds. The Labute approximate surface area is 167 Å². The number of hydrogen-bond acceptors (Lipinski definition) is 5. The summed E-state index contributed by atoms with van der Waals surface area (Å²) >= 11 is 0. The first-order valence-corrected chi connectivity index (χ1v) is 9.40. The molecule has 0 saturated carbocycles. The van der Waals surface area contributed by atoms with Crippen LogP contribution in [-0.4, -0.2) is 34.2 Å². The highest BCUT2D eigenvalue weighted by atomic mass is 19.1. The van der Waals surface area contributed by atoms with Crippen molar-refractivity contribution in [3.05, 3.63) is 71.6 Å². The summed E-state index contributed by atoms with van der Waals surface area (Å²) < 4.78 is 23.7. The van der Waals surface area contributed by atoms with E-state index < -0.39 is 0 Å². The molecule has 0 aliphatic carbocycles. The Balaban J connectivity index is 1.31. The van der Waals surface area contributed by atoms with Gasteiger partial charge < -0.3 is 19.5 Å². The van der Waals surface area contributed by atoms with Crippen LogP contribution in [-0.2, 0) is 6.61 Å². The summed E-state index contributed by atoms with van der Waals surface area (Å²) in [6.07, 6.45) is 0.763. The number of amides is 2. The highest BCUT2D eigenvalue weighted by Gasteiger charge is 2.30. The molecule has 29 heavy (non-hydrogen) atoms. The van der Waals surface area contributed by atoms with E-state index in [1.165, 1.54) is 24.3 Å². The minimum absolute atomic E-state index is 0.0154. The Bertz CT molecular complexity index is 990. The van der Waals surface area contributed by atoms with Crippen LogP contribution < -0.4 is 10.1 Å². The van der Waals surface area contributed by atoms with Crippen molar-refractivity contribution in [3.63, 3.8) is 0 Å². The van der Waals surface area contributed by atoms with Crippen molar-refractivity contribution in [2.45, 2.75) is 25.9 Å². The fourth-order valence-electron chi connectivity index (χ4n) is 3.25. The molecule has 2 aromatic carbocycles. The number of hydrogen-bond donors (Lipinski definition) is 1. The highest BCUT2D eigenvalue weighted by molar-refractivity contribution is 5.89. The number of anilines is 1. The number of nitrogens with one attached hydrogen (secondary N) is 1. The molecule has 2 heterocycles. The zero-order valence-corrected chi connectivity index (χ0v) is 16.0. The zero-order valence-electron chi connectivity index (χ0n) is 16.0. The molecule has 0 radical (unpaired) electrons. The van der Waals surface area contributed by atoms with Crippen LogP contribution in [0.1, 0.15) is 29.6 Å². The van der Waals surface area contributed by atoms with Gasteiger partial charge in [0.1, 0.15) is 11.6 Å². The number of carbonyl (C=O) groups excluding carboxylic acids is 1. The Morgan fingerprint density at radius 3 is 2.93 bits per heavy atom. The fraction of sp³-hybridized carbons (Fsp3) is 0.286. The number of urea groups is 1. The first kappa shape index (κ1) is 18.9. The molecule has 1 unspecified atom stereocenters. The monoisotopic (exact) mass is 396 g/mol. The van der Waals surface area contributed by atoms with E-state index in [1.807, 2.05) is 31.2 Å². The van der Waals surface area contributed by atoms with E-state index in [0.29, 0.717) is 30.6 Å². The molecule has 1 aromatic heterocycles. The van der Waals surface area contributed by atoms with Crippen LogP contribution in [0.25, 0.3) is 0 Å². The first-order valence-electron chi connectivity index (χ1n) is 9.40. The summed E-state index contributed by atoms with van der Waals surface area (Å²) in [6, 6.07) is 13.3. The largest absolute Gasteiger partial charge is 0.484 e. The van der Waals surface area contributed by atoms with Crippen LogP contribution in [0, 0.1) is 12.7 Å². The number of carbonyl (C=O) groups is 1. The lowest BCUT2D eigenvalue weighted by atomic mass is 10.1. The Morgan fingerprint density at radius 1 is 1.31 bits per heavy atom. The average molecular weight is 396 g/mol. The van der Waals surface area contributed by atoms with Crippen LogP contribution in [0.4, 0.5) is 14.9 Å². The second-order valence-electron chi connectivity index (χ2n) is 7.02. The lowest BCUT2D eigenvalue weighted by Crippen LogP contribution is -2.32. The third-order valence-corrected chi connectivity index (χ3v) is 4.77. The van der Waals surface area contributed by atoms with Crippen molar-refractivity contribution in [3.8, 4) is 5.75 Å². The predicted molar refractivity (Wildman–Crippen MR) is 104 cm³/mol. The van der Waals surface area contributed by atoms with Gasteiger partial charge in [-0.15, -0.1) is 0 Å². The number of nitrogens with zero attached hydrogens (tertiary/aromatic N) is 3. The van der Waals surface area contributed by atoms with Crippen molar-refractivity contribution < 1.29 is 18.4 Å². The Morgan fingerprint density at radius 2 is 2.14 bits per heavy atom. The topological polar surface area (TPSA) is 80.5 Å². The van der Waals surface area contributed by atoms with Gasteiger partial charge >= 0.3 is 6.03 Å². The Kier molecular flexibility index (Phi) is 5.41. The van der Waals surface area contributed by atoms with E-state index in [0.717, 1.165) is 17.7 Å². The molecular weight excluding hydrogens is 375 g/mol. The second kappa shape index (κ2) is 8.30. The number of rotatable bonds is 5. The van der Waals surface area contributed by atoms with Crippen molar-refractivity contribution >= 4 is 11.7 Å². The number of likely N-dealkylation sites (tertiary alicyclic amines) is 1. The molecule has 1 aliphatic rings. The lowest BCUT2D eigenvalue weighted by molar-refractivity contribution is 0.222. The maximum Gasteiger partial charge on any atom is 0.321 e. The van der Waals surface area contributed by atoms with Crippen LogP contribution >= 0.6 is 0 Å². The molecule has 0 bridgehead atoms. The molecule has 1 atom stereocenters. The molecule has 1 saturated heterocycles. The van der Waals surface area contributed by atoms with Gasteiger partial charge in [0.25, 0.3) is 5.89 Å². The maximum absolute atomic E-state index is 12.9. The molecule has 150 valence electrons. The second-order valence-corrected chi connectivity index (χ2v) is 7.02. The zero-order chi connectivity index (χ0) is 20.2. The van der Waals surface area contributed by atoms with Gasteiger partial charge in [-0.2, -0.15) is 4.98 Å². The minimum atomic E-state index is -0.324. The minimum Gasteiger partial charge on any atom is -0.484 e. The molecule has 0 spiro atoms. The molecule has 1 aliphatic heterocycles. The SMILES string of the molecule is Cc1cccc(NC(=O)N2CCC(c3noc(COc4ccc(F)cc4)n3)C2)c1. The van der Waals surface area contributed by atoms with Gasteiger partial charge in [0.15, 0.2) is 12.4 Å². The van der Waals surface area contributed by atoms with Crippen molar-refractivity contribution in [2.24, 2.45) is 0 Å². The van der Waals surface area contributed by atoms with Gasteiger partial charge in [-0.3, -0.25) is 0 Å². The molecule has 1 N–H and O–H groups in total. The van der Waals surface area contributed by atoms with Crippen LogP contribution in [0.2, 0.25) is 0 Å². The molecule has 1 fully saturated rings. The quantitative estimate of drug-likeness (QED) is 0.702. The van der Waals surface area contributed by atoms with Crippen LogP contribution in [0.3, 0.4) is 0 Å². The smallest absolute Gasteiger partial charge is 0.321 e. The summed E-state index contributed by atoms with van der Waals surface area (Å²) in [6.45, 7) is 3.23. The van der Waals surface area contributed by atoms with E-state index >= 15 is 0 Å². The third-order valence-electron chi connectivity index (χ3n) is 4.77. The standard InChI is InChI=1S/C21H21FN4O3/c1-14-3-2-4-17(11-14)23-21(27)26-10-9-15(12-26)20-24-19(29-25-20)13-28-18-7-5-16(22)6-8-18/h2-8,11,15H,9-10,12-13H2,1H3,(H,23,27). The number of aromatic nitrogens is 2. The van der Waals surface area contributed by atoms with Gasteiger partial charge in [0.2, 0.25) is 0 Å². The summed E-state index contributed by atoms with van der Waals surface area (Å²) in [5.41, 5.74) is 1.86. The molecule has 8 heteroatoms. The van der Waals surface area contributed by atoms with Crippen molar-refractivity contribution in [1.29, 1.82) is 0 Å². The van der Waals surface area contributed by atoms with Gasteiger partial charge in [-0.25, -0.2) is 9.18 Å². The number of halogens is 1. The van der Waals surface area contributed by atoms with Gasteiger partial charge in [0, 0.05) is 24.7 Å². The summed E-state index contributed by atoms with van der Waals surface area (Å²) in [7, 11) is 0. The molecule has 7 nitrogen and oxygen atoms in total. The number of ether oxygens (including phenoxy) is 1. The van der Waals surface area contributed by atoms with Crippen LogP contribution in [0.15, 0.2) is 53.1 Å². The van der Waals surface area contributed by atoms with Gasteiger partial charge in [-0.05, 0) is 55.3 Å². The number of aryl methyl sites for hydroxylation is 1. The third kappa shape index (κ3) is 4.71. The average Bonchev–Trinajstić information content (AvgIpc) is 3.37. The van der Waals surface area contributed by atoms with Crippen molar-refractivity contribution in [2.75, 3.05) is 18.4 Å². The molecular formula is C21H21FN4O3. The highest BCUT2D eigenvalue weighted by Crippen LogP contribution is 2.26. The van der Waals surface area contributed by atoms with E-state index in [9.17, 15) is 9.18 Å². The first-order chi connectivity index (χ1) is 14.1. The summed E-state index contributed by atoms with van der Waals surface area (Å²) in [5.74, 6) is 1.11. The maximum atomic E-state index is 12.9. The van der Waals surface area contributed by atoms with Gasteiger partial charge in [-0.1, -0.05) is 17.3 Å². The van der Waals surface area contributed by atoms with E-state index in [4.69, 9.17) is 9.26 Å². The summed E-state index contributed by atoms with van der Waals surface area (Å²) in [5, 5.41) is 6.95. The molecule has 3 aromatic rings. The molecule has 4 rings (SSSR count). The van der Waals surface area contributed by atoms with E-state index in [1.54, 1.807) is 4.90 Å². The van der Waals surface area contributed by atoms with Crippen LogP contribution in [0.5, 0.6) is 5.75 Å². The fourth-order valence-corrected chi connectivity index (χ4v) is 3.25. The van der Waals surface area contributed by atoms with E-state index in [-0.39, 0.29) is 24.4 Å².